The molecule has 0 amide bonds. The highest BCUT2D eigenvalue weighted by atomic mass is 16.4. The van der Waals surface area contributed by atoms with Gasteiger partial charge in [0.1, 0.15) is 11.4 Å². The molecule has 0 spiro atoms. The van der Waals surface area contributed by atoms with Gasteiger partial charge in [-0.25, -0.2) is 9.78 Å². The van der Waals surface area contributed by atoms with Crippen molar-refractivity contribution in [2.75, 3.05) is 18.0 Å². The number of rotatable bonds is 4. The van der Waals surface area contributed by atoms with Crippen LogP contribution in [0.5, 0.6) is 0 Å². The number of aryl methyl sites for hydroxylation is 2. The Morgan fingerprint density at radius 3 is 3.00 bits per heavy atom. The fourth-order valence-electron chi connectivity index (χ4n) is 3.69. The molecule has 1 aliphatic carbocycles. The van der Waals surface area contributed by atoms with Gasteiger partial charge in [-0.2, -0.15) is 0 Å². The Labute approximate surface area is 126 Å². The molecule has 21 heavy (non-hydrogen) atoms. The molecule has 4 heteroatoms. The van der Waals surface area contributed by atoms with E-state index in [9.17, 15) is 9.90 Å². The number of pyridine rings is 1. The zero-order valence-corrected chi connectivity index (χ0v) is 12.8. The maximum Gasteiger partial charge on any atom is 0.339 e. The zero-order valence-electron chi connectivity index (χ0n) is 12.8. The van der Waals surface area contributed by atoms with Crippen molar-refractivity contribution in [2.45, 2.75) is 51.9 Å². The van der Waals surface area contributed by atoms with Crippen molar-refractivity contribution in [2.24, 2.45) is 5.92 Å². The summed E-state index contributed by atoms with van der Waals surface area (Å²) in [6, 6.07) is 1.88. The number of anilines is 1. The summed E-state index contributed by atoms with van der Waals surface area (Å²) >= 11 is 0. The molecule has 1 fully saturated rings. The summed E-state index contributed by atoms with van der Waals surface area (Å²) in [6.07, 6.45) is 7.87. The molecule has 1 aromatic rings. The summed E-state index contributed by atoms with van der Waals surface area (Å²) in [5.74, 6) is 0.557. The van der Waals surface area contributed by atoms with Crippen LogP contribution in [-0.4, -0.2) is 29.1 Å². The third-order valence-corrected chi connectivity index (χ3v) is 4.79. The number of carboxylic acid groups (broad SMARTS) is 1. The van der Waals surface area contributed by atoms with Gasteiger partial charge >= 0.3 is 5.97 Å². The van der Waals surface area contributed by atoms with Crippen molar-refractivity contribution >= 4 is 11.8 Å². The summed E-state index contributed by atoms with van der Waals surface area (Å²) < 4.78 is 0. The number of carboxylic acids is 1. The monoisotopic (exact) mass is 288 g/mol. The minimum atomic E-state index is -0.843. The predicted octanol–water partition coefficient (Wildman–Crippen LogP) is 3.29. The van der Waals surface area contributed by atoms with E-state index in [1.807, 2.05) is 6.07 Å². The first-order valence-electron chi connectivity index (χ1n) is 8.20. The molecule has 0 radical (unpaired) electrons. The Bertz CT molecular complexity index is 542. The Morgan fingerprint density at radius 1 is 1.43 bits per heavy atom. The quantitative estimate of drug-likeness (QED) is 0.923. The summed E-state index contributed by atoms with van der Waals surface area (Å²) in [4.78, 5) is 18.6. The number of fused-ring (bicyclic) bond motifs is 1. The average Bonchev–Trinajstić information content (AvgIpc) is 2.94. The van der Waals surface area contributed by atoms with Crippen LogP contribution >= 0.6 is 0 Å². The smallest absolute Gasteiger partial charge is 0.339 e. The molecule has 1 N–H and O–H groups in total. The predicted molar refractivity (Wildman–Crippen MR) is 83.1 cm³/mol. The second-order valence-electron chi connectivity index (χ2n) is 6.37. The van der Waals surface area contributed by atoms with Crippen LogP contribution in [0.4, 0.5) is 5.82 Å². The first-order valence-corrected chi connectivity index (χ1v) is 8.20. The molecule has 0 aromatic carbocycles. The largest absolute Gasteiger partial charge is 0.478 e. The first kappa shape index (κ1) is 14.4. The van der Waals surface area contributed by atoms with Gasteiger partial charge in [0.15, 0.2) is 0 Å². The van der Waals surface area contributed by atoms with E-state index in [2.05, 4.69) is 11.8 Å². The number of nitrogens with zero attached hydrogens (tertiary/aromatic N) is 2. The Kier molecular flexibility index (Phi) is 4.13. The Morgan fingerprint density at radius 2 is 2.24 bits per heavy atom. The number of aromatic carboxylic acids is 1. The van der Waals surface area contributed by atoms with Crippen LogP contribution in [0.25, 0.3) is 0 Å². The second kappa shape index (κ2) is 6.04. The molecule has 1 atom stereocenters. The zero-order chi connectivity index (χ0) is 14.8. The Balaban J connectivity index is 1.91. The summed E-state index contributed by atoms with van der Waals surface area (Å²) in [5, 5.41) is 9.53. The van der Waals surface area contributed by atoms with Crippen molar-refractivity contribution < 1.29 is 9.90 Å². The van der Waals surface area contributed by atoms with Gasteiger partial charge in [0.25, 0.3) is 0 Å². The number of hydrogen-bond donors (Lipinski definition) is 1. The summed E-state index contributed by atoms with van der Waals surface area (Å²) in [7, 11) is 0. The van der Waals surface area contributed by atoms with Gasteiger partial charge in [0, 0.05) is 18.8 Å². The normalized spacial score (nSPS) is 21.4. The van der Waals surface area contributed by atoms with Crippen molar-refractivity contribution in [1.29, 1.82) is 0 Å². The van der Waals surface area contributed by atoms with E-state index in [4.69, 9.17) is 4.98 Å². The van der Waals surface area contributed by atoms with E-state index < -0.39 is 5.97 Å². The molecule has 0 saturated carbocycles. The fraction of sp³-hybridized carbons (Fsp3) is 0.647. The van der Waals surface area contributed by atoms with Crippen LogP contribution in [-0.2, 0) is 12.8 Å². The molecule has 1 saturated heterocycles. The van der Waals surface area contributed by atoms with E-state index in [0.717, 1.165) is 50.0 Å². The van der Waals surface area contributed by atoms with Crippen LogP contribution in [0.1, 0.15) is 60.6 Å². The van der Waals surface area contributed by atoms with E-state index in [-0.39, 0.29) is 0 Å². The SMILES string of the molecule is CCCC1CCN(c2nc3c(cc2C(=O)O)CCCC3)C1. The van der Waals surface area contributed by atoms with Gasteiger partial charge in [0.05, 0.1) is 0 Å². The lowest BCUT2D eigenvalue weighted by Gasteiger charge is -2.23. The summed E-state index contributed by atoms with van der Waals surface area (Å²) in [6.45, 7) is 4.11. The minimum absolute atomic E-state index is 0.396. The average molecular weight is 288 g/mol. The molecule has 4 nitrogen and oxygen atoms in total. The van der Waals surface area contributed by atoms with Crippen LogP contribution < -0.4 is 4.90 Å². The molecule has 0 bridgehead atoms. The third kappa shape index (κ3) is 2.89. The first-order chi connectivity index (χ1) is 10.2. The summed E-state index contributed by atoms with van der Waals surface area (Å²) in [5.41, 5.74) is 2.67. The van der Waals surface area contributed by atoms with Gasteiger partial charge in [-0.3, -0.25) is 0 Å². The molecule has 1 aliphatic heterocycles. The Hall–Kier alpha value is -1.58. The van der Waals surface area contributed by atoms with Crippen molar-refractivity contribution in [3.8, 4) is 0 Å². The fourth-order valence-corrected chi connectivity index (χ4v) is 3.69. The lowest BCUT2D eigenvalue weighted by molar-refractivity contribution is 0.0697. The lowest BCUT2D eigenvalue weighted by Crippen LogP contribution is -2.25. The van der Waals surface area contributed by atoms with Gasteiger partial charge < -0.3 is 10.0 Å². The highest BCUT2D eigenvalue weighted by molar-refractivity contribution is 5.93. The van der Waals surface area contributed by atoms with Crippen LogP contribution in [0, 0.1) is 5.92 Å². The molecular formula is C17H24N2O2. The van der Waals surface area contributed by atoms with Gasteiger partial charge in [-0.15, -0.1) is 0 Å². The van der Waals surface area contributed by atoms with Gasteiger partial charge in [-0.05, 0) is 56.1 Å². The maximum atomic E-state index is 11.6. The topological polar surface area (TPSA) is 53.4 Å². The van der Waals surface area contributed by atoms with E-state index in [1.54, 1.807) is 0 Å². The highest BCUT2D eigenvalue weighted by Gasteiger charge is 2.28. The maximum absolute atomic E-state index is 11.6. The lowest BCUT2D eigenvalue weighted by atomic mass is 9.94. The van der Waals surface area contributed by atoms with Crippen LogP contribution in [0.2, 0.25) is 0 Å². The third-order valence-electron chi connectivity index (χ3n) is 4.79. The number of aromatic nitrogens is 1. The highest BCUT2D eigenvalue weighted by Crippen LogP contribution is 2.31. The molecule has 2 heterocycles. The van der Waals surface area contributed by atoms with Crippen LogP contribution in [0.3, 0.4) is 0 Å². The van der Waals surface area contributed by atoms with Gasteiger partial charge in [0.2, 0.25) is 0 Å². The van der Waals surface area contributed by atoms with E-state index >= 15 is 0 Å². The van der Waals surface area contributed by atoms with E-state index in [0.29, 0.717) is 17.3 Å². The molecule has 2 aliphatic rings. The minimum Gasteiger partial charge on any atom is -0.478 e. The van der Waals surface area contributed by atoms with Gasteiger partial charge in [-0.1, -0.05) is 13.3 Å². The molecule has 3 rings (SSSR count). The molecule has 114 valence electrons. The van der Waals surface area contributed by atoms with Crippen molar-refractivity contribution in [3.05, 3.63) is 22.9 Å². The molecular weight excluding hydrogens is 264 g/mol. The van der Waals surface area contributed by atoms with E-state index in [1.165, 1.54) is 19.3 Å². The standard InChI is InChI=1S/C17H24N2O2/c1-2-5-12-8-9-19(11-12)16-14(17(20)21)10-13-6-3-4-7-15(13)18-16/h10,12H,2-9,11H2,1H3,(H,20,21). The van der Waals surface area contributed by atoms with Crippen LogP contribution in [0.15, 0.2) is 6.07 Å². The molecule has 1 aromatic heterocycles. The number of carbonyl (C=O) groups is 1. The second-order valence-corrected chi connectivity index (χ2v) is 6.37. The van der Waals surface area contributed by atoms with Crippen molar-refractivity contribution in [1.82, 2.24) is 4.98 Å². The molecule has 1 unspecified atom stereocenters. The van der Waals surface area contributed by atoms with Crippen molar-refractivity contribution in [3.63, 3.8) is 0 Å². The number of hydrogen-bond acceptors (Lipinski definition) is 3.